The molecule has 0 bridgehead atoms. The molecule has 1 heterocycles. The number of hydrogen-bond acceptors (Lipinski definition) is 2. The van der Waals surface area contributed by atoms with E-state index in [1.807, 2.05) is 0 Å². The van der Waals surface area contributed by atoms with Gasteiger partial charge in [-0.3, -0.25) is 4.90 Å². The Labute approximate surface area is 112 Å². The topological polar surface area (TPSA) is 15.3 Å². The van der Waals surface area contributed by atoms with E-state index in [9.17, 15) is 13.2 Å². The van der Waals surface area contributed by atoms with E-state index in [0.717, 1.165) is 0 Å². The van der Waals surface area contributed by atoms with Crippen molar-refractivity contribution >= 4 is 15.9 Å². The van der Waals surface area contributed by atoms with Gasteiger partial charge in [0.05, 0.1) is 6.04 Å². The van der Waals surface area contributed by atoms with Crippen LogP contribution in [0.4, 0.5) is 13.2 Å². The number of piperazine rings is 1. The average molecular weight is 323 g/mol. The Bertz CT molecular complexity index is 408. The van der Waals surface area contributed by atoms with E-state index in [4.69, 9.17) is 0 Å². The number of nitrogens with one attached hydrogen (secondary N) is 1. The van der Waals surface area contributed by atoms with Crippen LogP contribution in [0, 0.1) is 5.82 Å². The molecule has 1 aromatic rings. The van der Waals surface area contributed by atoms with Crippen LogP contribution in [0.25, 0.3) is 0 Å². The Balaban J connectivity index is 2.28. The third kappa shape index (κ3) is 3.05. The Morgan fingerprint density at radius 1 is 1.22 bits per heavy atom. The quantitative estimate of drug-likeness (QED) is 0.920. The van der Waals surface area contributed by atoms with Crippen molar-refractivity contribution in [3.05, 3.63) is 34.1 Å². The first-order valence-electron chi connectivity index (χ1n) is 5.77. The monoisotopic (exact) mass is 322 g/mol. The van der Waals surface area contributed by atoms with E-state index in [1.165, 1.54) is 12.1 Å². The van der Waals surface area contributed by atoms with E-state index >= 15 is 0 Å². The second-order valence-electron chi connectivity index (χ2n) is 4.23. The van der Waals surface area contributed by atoms with Gasteiger partial charge in [0.1, 0.15) is 5.82 Å². The maximum Gasteiger partial charge on any atom is 0.258 e. The number of rotatable bonds is 3. The lowest BCUT2D eigenvalue weighted by atomic mass is 10.0. The predicted octanol–water partition coefficient (Wildman–Crippen LogP) is 2.80. The number of benzene rings is 1. The fourth-order valence-electron chi connectivity index (χ4n) is 2.19. The summed E-state index contributed by atoms with van der Waals surface area (Å²) in [5.41, 5.74) is 0.0649. The van der Waals surface area contributed by atoms with E-state index in [1.54, 1.807) is 11.0 Å². The van der Waals surface area contributed by atoms with E-state index in [0.29, 0.717) is 30.7 Å². The summed E-state index contributed by atoms with van der Waals surface area (Å²) in [7, 11) is 0. The predicted molar refractivity (Wildman–Crippen MR) is 67.3 cm³/mol. The van der Waals surface area contributed by atoms with Crippen molar-refractivity contribution in [1.82, 2.24) is 10.2 Å². The highest BCUT2D eigenvalue weighted by molar-refractivity contribution is 9.10. The molecule has 18 heavy (non-hydrogen) atoms. The van der Waals surface area contributed by atoms with Crippen molar-refractivity contribution in [1.29, 1.82) is 0 Å². The normalized spacial score (nSPS) is 19.2. The summed E-state index contributed by atoms with van der Waals surface area (Å²) in [4.78, 5) is 1.63. The summed E-state index contributed by atoms with van der Waals surface area (Å²) in [6, 6.07) is 3.08. The first-order valence-corrected chi connectivity index (χ1v) is 6.57. The van der Waals surface area contributed by atoms with E-state index in [-0.39, 0.29) is 5.56 Å². The molecule has 0 spiro atoms. The molecule has 0 radical (unpaired) electrons. The first-order chi connectivity index (χ1) is 8.59. The Morgan fingerprint density at radius 2 is 1.89 bits per heavy atom. The summed E-state index contributed by atoms with van der Waals surface area (Å²) < 4.78 is 40.8. The fourth-order valence-corrected chi connectivity index (χ4v) is 2.53. The third-order valence-electron chi connectivity index (χ3n) is 3.06. The van der Waals surface area contributed by atoms with Gasteiger partial charge in [-0.1, -0.05) is 22.0 Å². The SMILES string of the molecule is Fc1cc(Br)ccc1[C@@H](C(F)F)N1CCNCC1. The summed E-state index contributed by atoms with van der Waals surface area (Å²) in [5.74, 6) is -0.590. The summed E-state index contributed by atoms with van der Waals surface area (Å²) in [6.45, 7) is 2.32. The summed E-state index contributed by atoms with van der Waals surface area (Å²) in [6.07, 6.45) is -2.60. The Morgan fingerprint density at radius 3 is 2.44 bits per heavy atom. The molecule has 1 N–H and O–H groups in total. The second-order valence-corrected chi connectivity index (χ2v) is 5.15. The van der Waals surface area contributed by atoms with Crippen molar-refractivity contribution in [2.75, 3.05) is 26.2 Å². The zero-order valence-electron chi connectivity index (χ0n) is 9.67. The molecular formula is C12H14BrF3N2. The molecule has 1 atom stereocenters. The molecular weight excluding hydrogens is 309 g/mol. The van der Waals surface area contributed by atoms with Crippen LogP contribution >= 0.6 is 15.9 Å². The standard InChI is InChI=1S/C12H14BrF3N2/c13-8-1-2-9(10(14)7-8)11(12(15)16)18-5-3-17-4-6-18/h1-2,7,11-12,17H,3-6H2/t11-/m0/s1. The molecule has 0 aliphatic carbocycles. The van der Waals surface area contributed by atoms with Gasteiger partial charge in [-0.25, -0.2) is 13.2 Å². The van der Waals surface area contributed by atoms with Crippen molar-refractivity contribution in [3.63, 3.8) is 0 Å². The molecule has 1 aromatic carbocycles. The minimum absolute atomic E-state index is 0.0649. The molecule has 0 aromatic heterocycles. The van der Waals surface area contributed by atoms with Gasteiger partial charge in [0.15, 0.2) is 0 Å². The van der Waals surface area contributed by atoms with Crippen LogP contribution in [0.15, 0.2) is 22.7 Å². The lowest BCUT2D eigenvalue weighted by Crippen LogP contribution is -2.47. The molecule has 1 aliphatic rings. The van der Waals surface area contributed by atoms with E-state index < -0.39 is 18.3 Å². The van der Waals surface area contributed by atoms with Crippen LogP contribution in [0.3, 0.4) is 0 Å². The van der Waals surface area contributed by atoms with Gasteiger partial charge in [0, 0.05) is 36.2 Å². The Hall–Kier alpha value is -0.590. The van der Waals surface area contributed by atoms with Gasteiger partial charge in [-0.15, -0.1) is 0 Å². The fraction of sp³-hybridized carbons (Fsp3) is 0.500. The van der Waals surface area contributed by atoms with Crippen LogP contribution < -0.4 is 5.32 Å². The first kappa shape index (κ1) is 13.8. The maximum atomic E-state index is 13.8. The number of hydrogen-bond donors (Lipinski definition) is 1. The number of nitrogens with zero attached hydrogens (tertiary/aromatic N) is 1. The molecule has 6 heteroatoms. The second kappa shape index (κ2) is 6.04. The molecule has 0 saturated carbocycles. The van der Waals surface area contributed by atoms with Crippen LogP contribution in [-0.4, -0.2) is 37.5 Å². The van der Waals surface area contributed by atoms with E-state index in [2.05, 4.69) is 21.2 Å². The van der Waals surface area contributed by atoms with Gasteiger partial charge in [0.25, 0.3) is 6.43 Å². The van der Waals surface area contributed by atoms with Gasteiger partial charge in [0.2, 0.25) is 0 Å². The van der Waals surface area contributed by atoms with Gasteiger partial charge in [-0.05, 0) is 12.1 Å². The van der Waals surface area contributed by atoms with Crippen LogP contribution in [0.2, 0.25) is 0 Å². The molecule has 1 saturated heterocycles. The Kier molecular flexibility index (Phi) is 4.64. The lowest BCUT2D eigenvalue weighted by molar-refractivity contribution is 0.0164. The van der Waals surface area contributed by atoms with Gasteiger partial charge < -0.3 is 5.32 Å². The van der Waals surface area contributed by atoms with Crippen LogP contribution in [0.5, 0.6) is 0 Å². The molecule has 0 amide bonds. The zero-order valence-corrected chi connectivity index (χ0v) is 11.3. The average Bonchev–Trinajstić information content (AvgIpc) is 2.33. The number of alkyl halides is 2. The van der Waals surface area contributed by atoms with Crippen molar-refractivity contribution < 1.29 is 13.2 Å². The highest BCUT2D eigenvalue weighted by Gasteiger charge is 2.32. The van der Waals surface area contributed by atoms with Crippen LogP contribution in [0.1, 0.15) is 11.6 Å². The van der Waals surface area contributed by atoms with Crippen molar-refractivity contribution in [2.24, 2.45) is 0 Å². The van der Waals surface area contributed by atoms with Crippen molar-refractivity contribution in [2.45, 2.75) is 12.5 Å². The molecule has 1 fully saturated rings. The summed E-state index contributed by atoms with van der Waals surface area (Å²) in [5, 5.41) is 3.10. The molecule has 2 nitrogen and oxygen atoms in total. The molecule has 2 rings (SSSR count). The van der Waals surface area contributed by atoms with Crippen LogP contribution in [-0.2, 0) is 0 Å². The smallest absolute Gasteiger partial charge is 0.258 e. The van der Waals surface area contributed by atoms with Crippen molar-refractivity contribution in [3.8, 4) is 0 Å². The largest absolute Gasteiger partial charge is 0.314 e. The van der Waals surface area contributed by atoms with Gasteiger partial charge >= 0.3 is 0 Å². The van der Waals surface area contributed by atoms with Gasteiger partial charge in [-0.2, -0.15) is 0 Å². The zero-order chi connectivity index (χ0) is 13.1. The minimum atomic E-state index is -2.60. The molecule has 100 valence electrons. The molecule has 0 unspecified atom stereocenters. The highest BCUT2D eigenvalue weighted by Crippen LogP contribution is 2.30. The summed E-state index contributed by atoms with van der Waals surface area (Å²) >= 11 is 3.13. The molecule has 1 aliphatic heterocycles. The minimum Gasteiger partial charge on any atom is -0.314 e. The maximum absolute atomic E-state index is 13.8. The highest BCUT2D eigenvalue weighted by atomic mass is 79.9. The third-order valence-corrected chi connectivity index (χ3v) is 3.56. The number of halogens is 4. The lowest BCUT2D eigenvalue weighted by Gasteiger charge is -2.34.